The van der Waals surface area contributed by atoms with Gasteiger partial charge in [-0.3, -0.25) is 0 Å². The van der Waals surface area contributed by atoms with E-state index in [1.54, 1.807) is 7.11 Å². The first-order chi connectivity index (χ1) is 9.76. The average Bonchev–Trinajstić information content (AvgIpc) is 2.39. The zero-order valence-electron chi connectivity index (χ0n) is 13.4. The molecule has 1 N–H and O–H groups in total. The Balaban J connectivity index is 2.81. The molecule has 1 aromatic carbocycles. The maximum Gasteiger partial charge on any atom is 0.135 e. The molecule has 1 rings (SSSR count). The summed E-state index contributed by atoms with van der Waals surface area (Å²) in [5.74, 6) is 1.62. The van der Waals surface area contributed by atoms with Gasteiger partial charge in [0.05, 0.1) is 16.1 Å². The molecule has 5 heteroatoms. The topological polar surface area (TPSA) is 30.5 Å². The largest absolute Gasteiger partial charge is 0.496 e. The number of benzene rings is 1. The van der Waals surface area contributed by atoms with Gasteiger partial charge in [0.15, 0.2) is 0 Å². The first-order valence-corrected chi connectivity index (χ1v) is 8.80. The molecule has 1 unspecified atom stereocenters. The van der Waals surface area contributed by atoms with E-state index in [9.17, 15) is 0 Å². The number of methoxy groups -OCH3 is 1. The van der Waals surface area contributed by atoms with Gasteiger partial charge in [-0.25, -0.2) is 0 Å². The molecule has 21 heavy (non-hydrogen) atoms. The van der Waals surface area contributed by atoms with Crippen LogP contribution in [-0.4, -0.2) is 25.3 Å². The maximum absolute atomic E-state index is 6.17. The Bertz CT molecular complexity index is 458. The van der Waals surface area contributed by atoms with E-state index in [4.69, 9.17) is 9.47 Å². The second-order valence-corrected chi connectivity index (χ2v) is 7.79. The summed E-state index contributed by atoms with van der Waals surface area (Å²) in [5, 5.41) is 3.51. The summed E-state index contributed by atoms with van der Waals surface area (Å²) in [6.45, 7) is 9.49. The van der Waals surface area contributed by atoms with Crippen LogP contribution in [0.25, 0.3) is 0 Å². The minimum Gasteiger partial charge on any atom is -0.496 e. The minimum atomic E-state index is 0.0904. The second-order valence-electron chi connectivity index (χ2n) is 6.08. The SMILES string of the molecule is CCCC(CNC(C)(C)C)Oc1cc(Br)c(OC)cc1Br. The standard InChI is InChI=1S/C16H25Br2NO2/c1-6-7-11(10-19-16(2,3)4)21-15-9-12(17)14(20-5)8-13(15)18/h8-9,11,19H,6-7,10H2,1-5H3. The van der Waals surface area contributed by atoms with Crippen LogP contribution < -0.4 is 14.8 Å². The summed E-state index contributed by atoms with van der Waals surface area (Å²) in [5.41, 5.74) is 0.0904. The van der Waals surface area contributed by atoms with E-state index < -0.39 is 0 Å². The van der Waals surface area contributed by atoms with Gasteiger partial charge in [-0.2, -0.15) is 0 Å². The minimum absolute atomic E-state index is 0.0904. The van der Waals surface area contributed by atoms with Crippen molar-refractivity contribution in [3.05, 3.63) is 21.1 Å². The predicted octanol–water partition coefficient (Wildman–Crippen LogP) is 5.16. The van der Waals surface area contributed by atoms with Crippen molar-refractivity contribution in [2.45, 2.75) is 52.2 Å². The Labute approximate surface area is 145 Å². The fourth-order valence-electron chi connectivity index (χ4n) is 1.88. The molecule has 0 aliphatic rings. The highest BCUT2D eigenvalue weighted by atomic mass is 79.9. The van der Waals surface area contributed by atoms with E-state index in [0.717, 1.165) is 39.8 Å². The zero-order valence-corrected chi connectivity index (χ0v) is 16.6. The van der Waals surface area contributed by atoms with Crippen LogP contribution in [0.5, 0.6) is 11.5 Å². The van der Waals surface area contributed by atoms with Crippen molar-refractivity contribution in [2.24, 2.45) is 0 Å². The highest BCUT2D eigenvalue weighted by Gasteiger charge is 2.17. The Morgan fingerprint density at radius 1 is 1.14 bits per heavy atom. The Kier molecular flexibility index (Phi) is 7.51. The number of halogens is 2. The number of hydrogen-bond acceptors (Lipinski definition) is 3. The maximum atomic E-state index is 6.17. The highest BCUT2D eigenvalue weighted by molar-refractivity contribution is 9.11. The van der Waals surface area contributed by atoms with Crippen molar-refractivity contribution in [3.8, 4) is 11.5 Å². The van der Waals surface area contributed by atoms with E-state index in [2.05, 4.69) is 64.9 Å². The Morgan fingerprint density at radius 2 is 1.71 bits per heavy atom. The molecule has 0 bridgehead atoms. The van der Waals surface area contributed by atoms with Crippen molar-refractivity contribution in [2.75, 3.05) is 13.7 Å². The number of nitrogens with one attached hydrogen (secondary N) is 1. The lowest BCUT2D eigenvalue weighted by atomic mass is 10.1. The average molecular weight is 423 g/mol. The lowest BCUT2D eigenvalue weighted by Gasteiger charge is -2.26. The molecule has 0 amide bonds. The van der Waals surface area contributed by atoms with Crippen molar-refractivity contribution in [1.82, 2.24) is 5.32 Å². The molecule has 0 heterocycles. The van der Waals surface area contributed by atoms with Gasteiger partial charge in [-0.05, 0) is 71.2 Å². The van der Waals surface area contributed by atoms with Gasteiger partial charge in [0.25, 0.3) is 0 Å². The molecule has 0 aliphatic carbocycles. The van der Waals surface area contributed by atoms with E-state index in [1.165, 1.54) is 0 Å². The zero-order chi connectivity index (χ0) is 16.0. The fraction of sp³-hybridized carbons (Fsp3) is 0.625. The van der Waals surface area contributed by atoms with Crippen molar-refractivity contribution < 1.29 is 9.47 Å². The van der Waals surface area contributed by atoms with Crippen LogP contribution in [0.2, 0.25) is 0 Å². The third-order valence-electron chi connectivity index (χ3n) is 2.97. The summed E-state index contributed by atoms with van der Waals surface area (Å²) >= 11 is 7.05. The van der Waals surface area contributed by atoms with Crippen LogP contribution >= 0.6 is 31.9 Å². The van der Waals surface area contributed by atoms with Gasteiger partial charge in [0.1, 0.15) is 17.6 Å². The molecule has 0 spiro atoms. The second kappa shape index (κ2) is 8.39. The van der Waals surface area contributed by atoms with Crippen molar-refractivity contribution in [3.63, 3.8) is 0 Å². The quantitative estimate of drug-likeness (QED) is 0.658. The van der Waals surface area contributed by atoms with Crippen LogP contribution in [0, 0.1) is 0 Å². The number of ether oxygens (including phenoxy) is 2. The molecule has 0 fully saturated rings. The summed E-state index contributed by atoms with van der Waals surface area (Å²) in [6.07, 6.45) is 2.25. The lowest BCUT2D eigenvalue weighted by molar-refractivity contribution is 0.173. The molecular formula is C16H25Br2NO2. The molecule has 0 saturated heterocycles. The molecule has 120 valence electrons. The molecular weight excluding hydrogens is 398 g/mol. The number of rotatable bonds is 7. The molecule has 0 saturated carbocycles. The number of hydrogen-bond donors (Lipinski definition) is 1. The van der Waals surface area contributed by atoms with Crippen molar-refractivity contribution in [1.29, 1.82) is 0 Å². The van der Waals surface area contributed by atoms with Crippen LogP contribution in [0.3, 0.4) is 0 Å². The summed E-state index contributed by atoms with van der Waals surface area (Å²) in [4.78, 5) is 0. The van der Waals surface area contributed by atoms with Gasteiger partial charge < -0.3 is 14.8 Å². The third-order valence-corrected chi connectivity index (χ3v) is 4.21. The summed E-state index contributed by atoms with van der Waals surface area (Å²) in [7, 11) is 1.65. The smallest absolute Gasteiger partial charge is 0.135 e. The van der Waals surface area contributed by atoms with E-state index in [0.29, 0.717) is 0 Å². The first-order valence-electron chi connectivity index (χ1n) is 7.21. The summed E-state index contributed by atoms with van der Waals surface area (Å²) < 4.78 is 13.2. The predicted molar refractivity (Wildman–Crippen MR) is 95.5 cm³/mol. The molecule has 1 atom stereocenters. The Morgan fingerprint density at radius 3 is 2.24 bits per heavy atom. The van der Waals surface area contributed by atoms with Crippen LogP contribution in [-0.2, 0) is 0 Å². The van der Waals surface area contributed by atoms with Gasteiger partial charge in [-0.1, -0.05) is 13.3 Å². The third kappa shape index (κ3) is 6.57. The first kappa shape index (κ1) is 18.8. The van der Waals surface area contributed by atoms with Crippen LogP contribution in [0.4, 0.5) is 0 Å². The fourth-order valence-corrected chi connectivity index (χ4v) is 2.78. The van der Waals surface area contributed by atoms with Gasteiger partial charge in [-0.15, -0.1) is 0 Å². The molecule has 1 aromatic rings. The van der Waals surface area contributed by atoms with Crippen molar-refractivity contribution >= 4 is 31.9 Å². The molecule has 0 radical (unpaired) electrons. The molecule has 0 aliphatic heterocycles. The van der Waals surface area contributed by atoms with Gasteiger partial charge >= 0.3 is 0 Å². The van der Waals surface area contributed by atoms with Gasteiger partial charge in [0, 0.05) is 12.1 Å². The highest BCUT2D eigenvalue weighted by Crippen LogP contribution is 2.36. The van der Waals surface area contributed by atoms with Crippen LogP contribution in [0.1, 0.15) is 40.5 Å². The lowest BCUT2D eigenvalue weighted by Crippen LogP contribution is -2.42. The van der Waals surface area contributed by atoms with Crippen LogP contribution in [0.15, 0.2) is 21.1 Å². The summed E-state index contributed by atoms with van der Waals surface area (Å²) in [6, 6.07) is 3.86. The monoisotopic (exact) mass is 421 g/mol. The van der Waals surface area contributed by atoms with E-state index in [1.807, 2.05) is 12.1 Å². The molecule has 3 nitrogen and oxygen atoms in total. The van der Waals surface area contributed by atoms with E-state index >= 15 is 0 Å². The Hall–Kier alpha value is -0.260. The van der Waals surface area contributed by atoms with E-state index in [-0.39, 0.29) is 11.6 Å². The normalized spacial score (nSPS) is 13.1. The molecule has 0 aromatic heterocycles. The van der Waals surface area contributed by atoms with Gasteiger partial charge in [0.2, 0.25) is 0 Å².